The summed E-state index contributed by atoms with van der Waals surface area (Å²) in [7, 11) is 0. The molecule has 0 aliphatic heterocycles. The van der Waals surface area contributed by atoms with Gasteiger partial charge in [0.05, 0.1) is 0 Å². The molecule has 0 heterocycles. The van der Waals surface area contributed by atoms with Crippen molar-refractivity contribution in [1.29, 1.82) is 0 Å². The molecule has 2 aliphatic carbocycles. The summed E-state index contributed by atoms with van der Waals surface area (Å²) in [6, 6.07) is 0. The van der Waals surface area contributed by atoms with E-state index in [1.807, 2.05) is 0 Å². The number of hydrogen-bond donors (Lipinski definition) is 2. The third-order valence-corrected chi connectivity index (χ3v) is 5.09. The van der Waals surface area contributed by atoms with E-state index in [2.05, 4.69) is 19.2 Å². The Hall–Kier alpha value is -0.570. The molecule has 2 aliphatic rings. The van der Waals surface area contributed by atoms with Crippen molar-refractivity contribution < 1.29 is 4.79 Å². The summed E-state index contributed by atoms with van der Waals surface area (Å²) >= 11 is 0. The first-order valence-corrected chi connectivity index (χ1v) is 7.47. The quantitative estimate of drug-likeness (QED) is 0.789. The van der Waals surface area contributed by atoms with Crippen molar-refractivity contribution in [3.05, 3.63) is 0 Å². The molecule has 18 heavy (non-hydrogen) atoms. The Kier molecular flexibility index (Phi) is 4.00. The topological polar surface area (TPSA) is 55.1 Å². The number of carbonyl (C=O) groups is 1. The van der Waals surface area contributed by atoms with Crippen LogP contribution in [0.15, 0.2) is 0 Å². The Balaban J connectivity index is 1.84. The fourth-order valence-corrected chi connectivity index (χ4v) is 3.38. The zero-order chi connectivity index (χ0) is 13.2. The lowest BCUT2D eigenvalue weighted by molar-refractivity contribution is -0.130. The summed E-state index contributed by atoms with van der Waals surface area (Å²) in [5.74, 6) is 0.489. The van der Waals surface area contributed by atoms with Gasteiger partial charge in [0.25, 0.3) is 0 Å². The summed E-state index contributed by atoms with van der Waals surface area (Å²) in [6.45, 7) is 6.06. The predicted molar refractivity (Wildman–Crippen MR) is 74.1 cm³/mol. The summed E-state index contributed by atoms with van der Waals surface area (Å²) < 4.78 is 0. The highest BCUT2D eigenvalue weighted by atomic mass is 16.1. The maximum Gasteiger partial charge on any atom is 0.223 e. The van der Waals surface area contributed by atoms with Crippen molar-refractivity contribution in [2.45, 2.75) is 58.8 Å². The van der Waals surface area contributed by atoms with Crippen LogP contribution in [0, 0.1) is 16.7 Å². The van der Waals surface area contributed by atoms with Gasteiger partial charge in [-0.15, -0.1) is 0 Å². The molecule has 2 saturated carbocycles. The molecule has 1 unspecified atom stereocenters. The van der Waals surface area contributed by atoms with Gasteiger partial charge in [-0.2, -0.15) is 0 Å². The molecule has 104 valence electrons. The molecule has 2 rings (SSSR count). The van der Waals surface area contributed by atoms with Crippen LogP contribution in [-0.2, 0) is 4.79 Å². The van der Waals surface area contributed by atoms with E-state index in [0.29, 0.717) is 5.41 Å². The largest absolute Gasteiger partial charge is 0.355 e. The van der Waals surface area contributed by atoms with E-state index < -0.39 is 0 Å². The molecular formula is C15H28N2O. The van der Waals surface area contributed by atoms with Crippen LogP contribution in [0.2, 0.25) is 0 Å². The van der Waals surface area contributed by atoms with Gasteiger partial charge < -0.3 is 11.1 Å². The third kappa shape index (κ3) is 3.05. The number of amides is 1. The highest BCUT2D eigenvalue weighted by molar-refractivity contribution is 5.79. The standard InChI is InChI=1S/C15H28N2O/c1-14(2)6-4-3-5-12(14)13(18)17-11-15(7-8-15)9-10-16/h12H,3-11,16H2,1-2H3,(H,17,18). The number of nitrogens with one attached hydrogen (secondary N) is 1. The molecule has 0 aromatic rings. The second kappa shape index (κ2) is 5.20. The van der Waals surface area contributed by atoms with Gasteiger partial charge in [-0.3, -0.25) is 4.79 Å². The van der Waals surface area contributed by atoms with Gasteiger partial charge in [-0.1, -0.05) is 26.7 Å². The van der Waals surface area contributed by atoms with Crippen LogP contribution >= 0.6 is 0 Å². The Morgan fingerprint density at radius 2 is 2.00 bits per heavy atom. The normalized spacial score (nSPS) is 28.7. The molecular weight excluding hydrogens is 224 g/mol. The minimum absolute atomic E-state index is 0.174. The summed E-state index contributed by atoms with van der Waals surface area (Å²) in [4.78, 5) is 12.4. The average Bonchev–Trinajstić information content (AvgIpc) is 3.06. The van der Waals surface area contributed by atoms with E-state index in [1.165, 1.54) is 32.1 Å². The van der Waals surface area contributed by atoms with Crippen LogP contribution in [0.3, 0.4) is 0 Å². The molecule has 0 aromatic carbocycles. The Morgan fingerprint density at radius 1 is 1.28 bits per heavy atom. The minimum atomic E-state index is 0.174. The van der Waals surface area contributed by atoms with Crippen molar-refractivity contribution in [3.63, 3.8) is 0 Å². The zero-order valence-corrected chi connectivity index (χ0v) is 11.9. The lowest BCUT2D eigenvalue weighted by Crippen LogP contribution is -2.43. The molecule has 3 heteroatoms. The van der Waals surface area contributed by atoms with Crippen molar-refractivity contribution in [3.8, 4) is 0 Å². The molecule has 1 atom stereocenters. The van der Waals surface area contributed by atoms with Crippen LogP contribution in [0.5, 0.6) is 0 Å². The third-order valence-electron chi connectivity index (χ3n) is 5.09. The van der Waals surface area contributed by atoms with E-state index in [1.54, 1.807) is 0 Å². The monoisotopic (exact) mass is 252 g/mol. The van der Waals surface area contributed by atoms with Crippen LogP contribution in [0.1, 0.15) is 58.8 Å². The zero-order valence-electron chi connectivity index (χ0n) is 11.9. The van der Waals surface area contributed by atoms with E-state index in [0.717, 1.165) is 25.9 Å². The van der Waals surface area contributed by atoms with Gasteiger partial charge in [0, 0.05) is 12.5 Å². The summed E-state index contributed by atoms with van der Waals surface area (Å²) in [5.41, 5.74) is 6.16. The van der Waals surface area contributed by atoms with E-state index in [4.69, 9.17) is 5.73 Å². The van der Waals surface area contributed by atoms with Crippen molar-refractivity contribution in [2.75, 3.05) is 13.1 Å². The van der Waals surface area contributed by atoms with Crippen molar-refractivity contribution in [2.24, 2.45) is 22.5 Å². The maximum absolute atomic E-state index is 12.4. The fraction of sp³-hybridized carbons (Fsp3) is 0.933. The molecule has 3 N–H and O–H groups in total. The highest BCUT2D eigenvalue weighted by Gasteiger charge is 2.43. The molecule has 3 nitrogen and oxygen atoms in total. The van der Waals surface area contributed by atoms with Crippen molar-refractivity contribution in [1.82, 2.24) is 5.32 Å². The van der Waals surface area contributed by atoms with Crippen LogP contribution in [0.25, 0.3) is 0 Å². The Morgan fingerprint density at radius 3 is 2.56 bits per heavy atom. The summed E-state index contributed by atoms with van der Waals surface area (Å²) in [6.07, 6.45) is 8.24. The smallest absolute Gasteiger partial charge is 0.223 e. The molecule has 2 fully saturated rings. The maximum atomic E-state index is 12.4. The van der Waals surface area contributed by atoms with Gasteiger partial charge in [0.1, 0.15) is 0 Å². The molecule has 0 bridgehead atoms. The van der Waals surface area contributed by atoms with Crippen LogP contribution in [-0.4, -0.2) is 19.0 Å². The van der Waals surface area contributed by atoms with E-state index in [-0.39, 0.29) is 17.2 Å². The minimum Gasteiger partial charge on any atom is -0.355 e. The summed E-state index contributed by atoms with van der Waals surface area (Å²) in [5, 5.41) is 3.20. The number of carbonyl (C=O) groups excluding carboxylic acids is 1. The Bertz CT molecular complexity index is 308. The Labute approximate surface area is 111 Å². The van der Waals surface area contributed by atoms with Gasteiger partial charge >= 0.3 is 0 Å². The first-order valence-electron chi connectivity index (χ1n) is 7.47. The van der Waals surface area contributed by atoms with Gasteiger partial charge in [0.2, 0.25) is 5.91 Å². The van der Waals surface area contributed by atoms with Gasteiger partial charge in [0.15, 0.2) is 0 Å². The number of nitrogens with two attached hydrogens (primary N) is 1. The molecule has 0 radical (unpaired) electrons. The van der Waals surface area contributed by atoms with Crippen LogP contribution < -0.4 is 11.1 Å². The molecule has 0 aromatic heterocycles. The van der Waals surface area contributed by atoms with Crippen LogP contribution in [0.4, 0.5) is 0 Å². The molecule has 1 amide bonds. The second-order valence-corrected chi connectivity index (χ2v) is 7.04. The fourth-order valence-electron chi connectivity index (χ4n) is 3.38. The second-order valence-electron chi connectivity index (χ2n) is 7.04. The first-order chi connectivity index (χ1) is 8.49. The van der Waals surface area contributed by atoms with Gasteiger partial charge in [-0.25, -0.2) is 0 Å². The molecule has 0 spiro atoms. The average molecular weight is 252 g/mol. The molecule has 0 saturated heterocycles. The van der Waals surface area contributed by atoms with E-state index in [9.17, 15) is 4.79 Å². The lowest BCUT2D eigenvalue weighted by atomic mass is 9.68. The number of hydrogen-bond acceptors (Lipinski definition) is 2. The first kappa shape index (κ1) is 13.9. The number of rotatable bonds is 5. The van der Waals surface area contributed by atoms with Crippen molar-refractivity contribution >= 4 is 5.91 Å². The SMILES string of the molecule is CC1(C)CCCCC1C(=O)NCC1(CCN)CC1. The lowest BCUT2D eigenvalue weighted by Gasteiger charge is -2.37. The van der Waals surface area contributed by atoms with E-state index >= 15 is 0 Å². The predicted octanol–water partition coefficient (Wildman–Crippen LogP) is 2.45. The highest BCUT2D eigenvalue weighted by Crippen LogP contribution is 2.48. The van der Waals surface area contributed by atoms with Gasteiger partial charge in [-0.05, 0) is 49.5 Å².